The molecule has 0 bridgehead atoms. The van der Waals surface area contributed by atoms with Crippen molar-refractivity contribution in [3.05, 3.63) is 35.4 Å². The van der Waals surface area contributed by atoms with E-state index >= 15 is 0 Å². The van der Waals surface area contributed by atoms with Crippen molar-refractivity contribution in [3.63, 3.8) is 0 Å². The predicted molar refractivity (Wildman–Crippen MR) is 128 cm³/mol. The highest BCUT2D eigenvalue weighted by atomic mass is 16.6. The topological polar surface area (TPSA) is 178 Å². The van der Waals surface area contributed by atoms with Gasteiger partial charge in [0.2, 0.25) is 11.8 Å². The minimum absolute atomic E-state index is 0.0693. The van der Waals surface area contributed by atoms with Gasteiger partial charge in [-0.25, -0.2) is 4.79 Å². The predicted octanol–water partition coefficient (Wildman–Crippen LogP) is 0.270. The second kappa shape index (κ2) is 12.7. The van der Waals surface area contributed by atoms with Crippen molar-refractivity contribution in [2.75, 3.05) is 34.2 Å². The lowest BCUT2D eigenvalue weighted by atomic mass is 9.95. The Morgan fingerprint density at radius 3 is 2.51 bits per heavy atom. The first-order chi connectivity index (χ1) is 16.5. The fraction of sp³-hybridized carbons (Fsp3) is 0.522. The van der Waals surface area contributed by atoms with Gasteiger partial charge in [-0.05, 0) is 32.6 Å². The fourth-order valence-corrected chi connectivity index (χ4v) is 3.75. The van der Waals surface area contributed by atoms with Crippen LogP contribution in [0.4, 0.5) is 4.79 Å². The van der Waals surface area contributed by atoms with E-state index in [0.29, 0.717) is 24.9 Å². The normalized spacial score (nSPS) is 18.5. The number of nitrogen functional groups attached to an aromatic ring is 1. The number of benzene rings is 1. The molecule has 0 aromatic heterocycles. The van der Waals surface area contributed by atoms with E-state index in [1.54, 1.807) is 31.3 Å². The van der Waals surface area contributed by atoms with Crippen LogP contribution in [0.3, 0.4) is 0 Å². The van der Waals surface area contributed by atoms with Crippen molar-refractivity contribution in [1.82, 2.24) is 20.4 Å². The van der Waals surface area contributed by atoms with E-state index in [0.717, 1.165) is 12.1 Å². The summed E-state index contributed by atoms with van der Waals surface area (Å²) >= 11 is 0. The van der Waals surface area contributed by atoms with Crippen molar-refractivity contribution in [3.8, 4) is 0 Å². The number of carbonyl (C=O) groups excluding carboxylic acids is 3. The van der Waals surface area contributed by atoms with Crippen LogP contribution in [0.25, 0.3) is 0 Å². The Labute approximate surface area is 204 Å². The molecule has 0 unspecified atom stereocenters. The molecule has 1 aliphatic rings. The molecule has 1 aromatic rings. The van der Waals surface area contributed by atoms with Gasteiger partial charge < -0.3 is 36.0 Å². The van der Waals surface area contributed by atoms with E-state index in [9.17, 15) is 19.2 Å². The number of carboxylic acids is 1. The van der Waals surface area contributed by atoms with Crippen molar-refractivity contribution >= 4 is 29.7 Å². The van der Waals surface area contributed by atoms with E-state index in [-0.39, 0.29) is 18.3 Å². The molecule has 0 aliphatic carbocycles. The third kappa shape index (κ3) is 8.56. The highest BCUT2D eigenvalue weighted by molar-refractivity contribution is 5.95. The number of rotatable bonds is 12. The quantitative estimate of drug-likeness (QED) is 0.157. The lowest BCUT2D eigenvalue weighted by Crippen LogP contribution is -2.49. The van der Waals surface area contributed by atoms with Crippen LogP contribution in [0.1, 0.15) is 42.9 Å². The third-order valence-corrected chi connectivity index (χ3v) is 5.64. The number of carboxylic acid groups (broad SMARTS) is 1. The van der Waals surface area contributed by atoms with Gasteiger partial charge in [-0.15, -0.1) is 0 Å². The smallest absolute Gasteiger partial charge is 0.410 e. The Balaban J connectivity index is 2.00. The van der Waals surface area contributed by atoms with Crippen LogP contribution in [-0.2, 0) is 19.1 Å². The molecule has 35 heavy (non-hydrogen) atoms. The lowest BCUT2D eigenvalue weighted by Gasteiger charge is -2.36. The number of aliphatic carboxylic acids is 1. The fourth-order valence-electron chi connectivity index (χ4n) is 3.75. The number of nitrogens with zero attached hydrogens (tertiary/aromatic N) is 2. The third-order valence-electron chi connectivity index (χ3n) is 5.64. The van der Waals surface area contributed by atoms with Gasteiger partial charge in [-0.1, -0.05) is 24.3 Å². The van der Waals surface area contributed by atoms with Crippen LogP contribution in [0.15, 0.2) is 24.3 Å². The molecule has 12 heteroatoms. The molecule has 3 amide bonds. The van der Waals surface area contributed by atoms with Crippen molar-refractivity contribution < 1.29 is 29.0 Å². The summed E-state index contributed by atoms with van der Waals surface area (Å²) in [5.41, 5.74) is 6.84. The summed E-state index contributed by atoms with van der Waals surface area (Å²) in [5, 5.41) is 21.8. The summed E-state index contributed by atoms with van der Waals surface area (Å²) in [7, 11) is 5.39. The molecule has 1 aliphatic heterocycles. The summed E-state index contributed by atoms with van der Waals surface area (Å²) in [6, 6.07) is 5.27. The maximum atomic E-state index is 12.6. The molecule has 0 radical (unpaired) electrons. The van der Waals surface area contributed by atoms with E-state index < -0.39 is 42.4 Å². The molecule has 192 valence electrons. The molecule has 1 saturated heterocycles. The standard InChI is InChI=1S/C23H34N6O6/c1-28(2)10-4-9-26-22(33)17(13-20(31)32)27-19(30)12-16-11-18(29(3)23(34)35-16)14-5-7-15(8-6-14)21(24)25/h5-8,16-18H,4,9-13H2,1-3H3,(H3,24,25)(H,26,33)(H,27,30)(H,31,32)/t16-,17-,18+/m1/s1. The molecule has 1 aromatic carbocycles. The number of cyclic esters (lactones) is 1. The van der Waals surface area contributed by atoms with Crippen molar-refractivity contribution in [2.24, 2.45) is 5.73 Å². The molecule has 1 fully saturated rings. The van der Waals surface area contributed by atoms with Crippen LogP contribution in [-0.4, -0.2) is 91.0 Å². The second-order valence-corrected chi connectivity index (χ2v) is 8.77. The molecule has 12 nitrogen and oxygen atoms in total. The van der Waals surface area contributed by atoms with Gasteiger partial charge in [0.25, 0.3) is 0 Å². The van der Waals surface area contributed by atoms with Crippen LogP contribution in [0, 0.1) is 5.41 Å². The number of carbonyl (C=O) groups is 4. The first-order valence-electron chi connectivity index (χ1n) is 11.3. The Bertz CT molecular complexity index is 935. The number of amidine groups is 1. The lowest BCUT2D eigenvalue weighted by molar-refractivity contribution is -0.140. The van der Waals surface area contributed by atoms with Crippen molar-refractivity contribution in [2.45, 2.75) is 43.9 Å². The maximum absolute atomic E-state index is 12.6. The van der Waals surface area contributed by atoms with Gasteiger partial charge in [-0.2, -0.15) is 0 Å². The van der Waals surface area contributed by atoms with Gasteiger partial charge in [-0.3, -0.25) is 19.8 Å². The molecule has 3 atom stereocenters. The van der Waals surface area contributed by atoms with Crippen molar-refractivity contribution in [1.29, 1.82) is 5.41 Å². The summed E-state index contributed by atoms with van der Waals surface area (Å²) in [4.78, 5) is 52.1. The highest BCUT2D eigenvalue weighted by Gasteiger charge is 2.35. The SMILES string of the molecule is CN(C)CCCNC(=O)[C@@H](CC(=O)O)NC(=O)C[C@H]1C[C@@H](c2ccc(C(=N)N)cc2)N(C)C(=O)O1. The number of nitrogens with two attached hydrogens (primary N) is 1. The number of nitrogens with one attached hydrogen (secondary N) is 3. The second-order valence-electron chi connectivity index (χ2n) is 8.77. The Kier molecular flexibility index (Phi) is 10.0. The molecular formula is C23H34N6O6. The summed E-state index contributed by atoms with van der Waals surface area (Å²) in [5.74, 6) is -2.46. The minimum atomic E-state index is -1.24. The van der Waals surface area contributed by atoms with E-state index in [1.165, 1.54) is 4.90 Å². The first kappa shape index (κ1) is 27.6. The van der Waals surface area contributed by atoms with Gasteiger partial charge in [0.15, 0.2) is 0 Å². The molecular weight excluding hydrogens is 456 g/mol. The van der Waals surface area contributed by atoms with Gasteiger partial charge >= 0.3 is 12.1 Å². The minimum Gasteiger partial charge on any atom is -0.481 e. The molecule has 6 N–H and O–H groups in total. The number of hydrogen-bond donors (Lipinski definition) is 5. The number of amides is 3. The molecule has 1 heterocycles. The Morgan fingerprint density at radius 2 is 1.94 bits per heavy atom. The average Bonchev–Trinajstić information content (AvgIpc) is 2.78. The Hall–Kier alpha value is -3.67. The van der Waals surface area contributed by atoms with Crippen LogP contribution < -0.4 is 16.4 Å². The zero-order chi connectivity index (χ0) is 26.1. The molecule has 0 saturated carbocycles. The summed E-state index contributed by atoms with van der Waals surface area (Å²) in [6.07, 6.45) is -1.16. The van der Waals surface area contributed by atoms with Gasteiger partial charge in [0.1, 0.15) is 18.0 Å². The first-order valence-corrected chi connectivity index (χ1v) is 11.3. The van der Waals surface area contributed by atoms with Crippen LogP contribution >= 0.6 is 0 Å². The molecule has 2 rings (SSSR count). The number of ether oxygens (including phenoxy) is 1. The average molecular weight is 491 g/mol. The largest absolute Gasteiger partial charge is 0.481 e. The molecule has 0 spiro atoms. The number of hydrogen-bond acceptors (Lipinski definition) is 7. The van der Waals surface area contributed by atoms with Crippen LogP contribution in [0.5, 0.6) is 0 Å². The Morgan fingerprint density at radius 1 is 1.29 bits per heavy atom. The van der Waals surface area contributed by atoms with Gasteiger partial charge in [0.05, 0.1) is 18.9 Å². The summed E-state index contributed by atoms with van der Waals surface area (Å²) in [6.45, 7) is 1.09. The van der Waals surface area contributed by atoms with Gasteiger partial charge in [0, 0.05) is 25.6 Å². The highest BCUT2D eigenvalue weighted by Crippen LogP contribution is 2.32. The van der Waals surface area contributed by atoms with E-state index in [4.69, 9.17) is 21.0 Å². The summed E-state index contributed by atoms with van der Waals surface area (Å²) < 4.78 is 5.36. The zero-order valence-electron chi connectivity index (χ0n) is 20.2. The monoisotopic (exact) mass is 490 g/mol. The van der Waals surface area contributed by atoms with E-state index in [2.05, 4.69) is 10.6 Å². The zero-order valence-corrected chi connectivity index (χ0v) is 20.2. The van der Waals surface area contributed by atoms with Crippen LogP contribution in [0.2, 0.25) is 0 Å². The van der Waals surface area contributed by atoms with E-state index in [1.807, 2.05) is 19.0 Å². The maximum Gasteiger partial charge on any atom is 0.410 e.